The lowest BCUT2D eigenvalue weighted by Gasteiger charge is -2.32. The molecule has 7 nitrogen and oxygen atoms in total. The van der Waals surface area contributed by atoms with Crippen molar-refractivity contribution in [2.75, 3.05) is 26.7 Å². The van der Waals surface area contributed by atoms with Crippen LogP contribution in [0.4, 0.5) is 4.79 Å². The molecule has 0 saturated carbocycles. The van der Waals surface area contributed by atoms with Gasteiger partial charge in [0.1, 0.15) is 5.76 Å². The Morgan fingerprint density at radius 3 is 2.60 bits per heavy atom. The Morgan fingerprint density at radius 1 is 1.23 bits per heavy atom. The molecule has 1 fully saturated rings. The van der Waals surface area contributed by atoms with Gasteiger partial charge >= 0.3 is 6.09 Å². The number of hydrogen-bond donors (Lipinski definition) is 2. The molecule has 1 amide bonds. The molecule has 164 valence electrons. The van der Waals surface area contributed by atoms with E-state index in [1.54, 1.807) is 11.2 Å². The first-order valence-corrected chi connectivity index (χ1v) is 10.1. The summed E-state index contributed by atoms with van der Waals surface area (Å²) in [5.41, 5.74) is 1.20. The molecule has 0 aliphatic carbocycles. The molecule has 1 aromatic carbocycles. The van der Waals surface area contributed by atoms with Gasteiger partial charge in [0.25, 0.3) is 0 Å². The third kappa shape index (κ3) is 7.23. The molecule has 2 aromatic rings. The molecule has 0 radical (unpaired) electrons. The van der Waals surface area contributed by atoms with Crippen molar-refractivity contribution in [3.05, 3.63) is 60.1 Å². The van der Waals surface area contributed by atoms with Gasteiger partial charge in [-0.05, 0) is 37.5 Å². The molecule has 8 heteroatoms. The zero-order valence-electron chi connectivity index (χ0n) is 17.5. The van der Waals surface area contributed by atoms with Crippen LogP contribution in [0, 0.1) is 0 Å². The molecule has 0 bridgehead atoms. The van der Waals surface area contributed by atoms with Crippen LogP contribution in [-0.4, -0.2) is 49.7 Å². The van der Waals surface area contributed by atoms with Crippen LogP contribution in [0.1, 0.15) is 37.1 Å². The second-order valence-corrected chi connectivity index (χ2v) is 7.21. The van der Waals surface area contributed by atoms with E-state index in [9.17, 15) is 4.79 Å². The fourth-order valence-corrected chi connectivity index (χ4v) is 3.42. The van der Waals surface area contributed by atoms with Crippen molar-refractivity contribution >= 4 is 36.0 Å². The molecule has 30 heavy (non-hydrogen) atoms. The lowest BCUT2D eigenvalue weighted by Crippen LogP contribution is -2.50. The molecule has 0 spiro atoms. The number of nitrogens with zero attached hydrogens (tertiary/aromatic N) is 2. The second-order valence-electron chi connectivity index (χ2n) is 7.21. The minimum atomic E-state index is -0.258. The van der Waals surface area contributed by atoms with E-state index >= 15 is 0 Å². The van der Waals surface area contributed by atoms with E-state index in [1.165, 1.54) is 12.7 Å². The van der Waals surface area contributed by atoms with Crippen LogP contribution in [0.3, 0.4) is 0 Å². The van der Waals surface area contributed by atoms with E-state index in [4.69, 9.17) is 14.1 Å². The Hall–Kier alpha value is -2.23. The first-order valence-electron chi connectivity index (χ1n) is 10.1. The van der Waals surface area contributed by atoms with Gasteiger partial charge in [-0.2, -0.15) is 0 Å². The Labute approximate surface area is 195 Å². The smallest absolute Gasteiger partial charge is 0.409 e. The summed E-state index contributed by atoms with van der Waals surface area (Å²) in [4.78, 5) is 18.2. The van der Waals surface area contributed by atoms with Crippen LogP contribution < -0.4 is 10.6 Å². The minimum absolute atomic E-state index is 0. The van der Waals surface area contributed by atoms with Gasteiger partial charge in [0.05, 0.1) is 19.4 Å². The number of amides is 1. The Balaban J connectivity index is 0.00000320. The number of ether oxygens (including phenoxy) is 1. The average molecular weight is 526 g/mol. The summed E-state index contributed by atoms with van der Waals surface area (Å²) < 4.78 is 10.2. The zero-order valence-corrected chi connectivity index (χ0v) is 19.9. The number of carbonyl (C=O) groups excluding carboxylic acids is 1. The fourth-order valence-electron chi connectivity index (χ4n) is 3.42. The summed E-state index contributed by atoms with van der Waals surface area (Å²) in [5, 5.41) is 7.05. The van der Waals surface area contributed by atoms with Crippen LogP contribution >= 0.6 is 24.0 Å². The van der Waals surface area contributed by atoms with E-state index in [1.807, 2.05) is 30.3 Å². The van der Waals surface area contributed by atoms with Crippen LogP contribution in [0.15, 0.2) is 58.1 Å². The summed E-state index contributed by atoms with van der Waals surface area (Å²) >= 11 is 0. The Kier molecular flexibility index (Phi) is 9.99. The molecule has 2 N–H and O–H groups in total. The molecule has 1 aliphatic heterocycles. The number of guanidine groups is 1. The van der Waals surface area contributed by atoms with E-state index in [-0.39, 0.29) is 42.2 Å². The van der Waals surface area contributed by atoms with Crippen molar-refractivity contribution in [1.82, 2.24) is 15.5 Å². The lowest BCUT2D eigenvalue weighted by molar-refractivity contribution is 0.111. The fraction of sp³-hybridized carbons (Fsp3) is 0.455. The Morgan fingerprint density at radius 2 is 1.97 bits per heavy atom. The summed E-state index contributed by atoms with van der Waals surface area (Å²) in [6, 6.07) is 14.5. The first kappa shape index (κ1) is 24.0. The molecule has 1 saturated heterocycles. The number of halogens is 1. The number of nitrogens with one attached hydrogen (secondary N) is 2. The number of hydrogen-bond acceptors (Lipinski definition) is 4. The predicted molar refractivity (Wildman–Crippen MR) is 128 cm³/mol. The summed E-state index contributed by atoms with van der Waals surface area (Å²) in [7, 11) is 1.42. The highest BCUT2D eigenvalue weighted by molar-refractivity contribution is 14.0. The van der Waals surface area contributed by atoms with Gasteiger partial charge in [0.15, 0.2) is 5.96 Å². The van der Waals surface area contributed by atoms with E-state index in [0.29, 0.717) is 19.6 Å². The monoisotopic (exact) mass is 526 g/mol. The summed E-state index contributed by atoms with van der Waals surface area (Å²) in [6.45, 7) is 4.11. The van der Waals surface area contributed by atoms with E-state index < -0.39 is 0 Å². The van der Waals surface area contributed by atoms with E-state index in [2.05, 4.69) is 29.7 Å². The van der Waals surface area contributed by atoms with Crippen LogP contribution in [0.5, 0.6) is 0 Å². The van der Waals surface area contributed by atoms with Gasteiger partial charge in [0, 0.05) is 32.1 Å². The molecule has 1 aliphatic rings. The minimum Gasteiger partial charge on any atom is -0.469 e. The number of likely N-dealkylation sites (tertiary alicyclic amines) is 1. The summed E-state index contributed by atoms with van der Waals surface area (Å²) in [6.07, 6.45) is 3.89. The van der Waals surface area contributed by atoms with Crippen molar-refractivity contribution in [2.24, 2.45) is 4.99 Å². The quantitative estimate of drug-likeness (QED) is 0.339. The van der Waals surface area contributed by atoms with Gasteiger partial charge in [-0.1, -0.05) is 30.3 Å². The van der Waals surface area contributed by atoms with Crippen molar-refractivity contribution in [1.29, 1.82) is 0 Å². The summed E-state index contributed by atoms with van der Waals surface area (Å²) in [5.74, 6) is 1.71. The largest absolute Gasteiger partial charge is 0.469 e. The highest BCUT2D eigenvalue weighted by Crippen LogP contribution is 2.13. The van der Waals surface area contributed by atoms with Gasteiger partial charge in [-0.15, -0.1) is 24.0 Å². The first-order chi connectivity index (χ1) is 14.2. The third-order valence-corrected chi connectivity index (χ3v) is 5.13. The van der Waals surface area contributed by atoms with Gasteiger partial charge in [-0.3, -0.25) is 4.99 Å². The highest BCUT2D eigenvalue weighted by atomic mass is 127. The molecular formula is C22H31IN4O3. The molecule has 1 atom stereocenters. The SMILES string of the molecule is COC(=O)N1CCC(NC(=NCCc2ccco2)NC(C)c2ccccc2)CC1.I. The number of methoxy groups -OCH3 is 1. The van der Waals surface area contributed by atoms with Crippen LogP contribution in [0.2, 0.25) is 0 Å². The highest BCUT2D eigenvalue weighted by Gasteiger charge is 2.24. The number of benzene rings is 1. The molecule has 1 unspecified atom stereocenters. The number of aliphatic imine (C=N–C) groups is 1. The maximum Gasteiger partial charge on any atom is 0.409 e. The van der Waals surface area contributed by atoms with Gasteiger partial charge in [-0.25, -0.2) is 4.79 Å². The average Bonchev–Trinajstić information content (AvgIpc) is 3.28. The maximum absolute atomic E-state index is 11.7. The zero-order chi connectivity index (χ0) is 20.5. The molecule has 3 rings (SSSR count). The van der Waals surface area contributed by atoms with Crippen LogP contribution in [0.25, 0.3) is 0 Å². The predicted octanol–water partition coefficient (Wildman–Crippen LogP) is 3.97. The van der Waals surface area contributed by atoms with Crippen molar-refractivity contribution in [3.63, 3.8) is 0 Å². The van der Waals surface area contributed by atoms with E-state index in [0.717, 1.165) is 31.0 Å². The number of furan rings is 1. The number of rotatable bonds is 6. The van der Waals surface area contributed by atoms with Gasteiger partial charge in [0.2, 0.25) is 0 Å². The van der Waals surface area contributed by atoms with Crippen LogP contribution in [-0.2, 0) is 11.2 Å². The standard InChI is InChI=1S/C22H30N4O3.HI/c1-17(18-7-4-3-5-8-18)24-21(23-13-10-20-9-6-16-29-20)25-19-11-14-26(15-12-19)22(27)28-2;/h3-9,16-17,19H,10-15H2,1-2H3,(H2,23,24,25);1H. The number of carbonyl (C=O) groups is 1. The second kappa shape index (κ2) is 12.5. The third-order valence-electron chi connectivity index (χ3n) is 5.13. The topological polar surface area (TPSA) is 79.1 Å². The normalized spacial score (nSPS) is 15.8. The van der Waals surface area contributed by atoms with Crippen molar-refractivity contribution in [2.45, 2.75) is 38.3 Å². The molecule has 2 heterocycles. The maximum atomic E-state index is 11.7. The molecular weight excluding hydrogens is 495 g/mol. The Bertz CT molecular complexity index is 775. The van der Waals surface area contributed by atoms with Crippen molar-refractivity contribution in [3.8, 4) is 0 Å². The van der Waals surface area contributed by atoms with Gasteiger partial charge < -0.3 is 24.7 Å². The lowest BCUT2D eigenvalue weighted by atomic mass is 10.1. The number of piperidine rings is 1. The van der Waals surface area contributed by atoms with Crippen molar-refractivity contribution < 1.29 is 13.9 Å². The molecule has 1 aromatic heterocycles.